The van der Waals surface area contributed by atoms with Crippen LogP contribution in [0.15, 0.2) is 120 Å². The zero-order chi connectivity index (χ0) is 36.5. The number of methoxy groups -OCH3 is 1. The van der Waals surface area contributed by atoms with Crippen LogP contribution >= 0.6 is 0 Å². The van der Waals surface area contributed by atoms with Crippen LogP contribution < -0.4 is 25.4 Å². The van der Waals surface area contributed by atoms with E-state index in [1.54, 1.807) is 12.1 Å². The van der Waals surface area contributed by atoms with E-state index in [9.17, 15) is 5.11 Å². The summed E-state index contributed by atoms with van der Waals surface area (Å²) in [7, 11) is 5.50. The third-order valence-electron chi connectivity index (χ3n) is 10.9. The predicted octanol–water partition coefficient (Wildman–Crippen LogP) is 6.62. The predicted molar refractivity (Wildman–Crippen MR) is 209 cm³/mol. The molecule has 7 nitrogen and oxygen atoms in total. The number of nitrogens with zero attached hydrogens (tertiary/aromatic N) is 5. The fourth-order valence-corrected chi connectivity index (χ4v) is 7.01. The number of aromatic nitrogens is 1. The van der Waals surface area contributed by atoms with Gasteiger partial charge < -0.3 is 19.7 Å². The Morgan fingerprint density at radius 3 is 1.82 bits per heavy atom. The summed E-state index contributed by atoms with van der Waals surface area (Å²) < 4.78 is 4.98. The van der Waals surface area contributed by atoms with Crippen molar-refractivity contribution in [2.75, 3.05) is 26.1 Å². The minimum Gasteiger partial charge on any atom is -0.657 e. The van der Waals surface area contributed by atoms with Crippen molar-refractivity contribution in [2.24, 2.45) is 15.0 Å². The summed E-state index contributed by atoms with van der Waals surface area (Å²) in [5.74, 6) is -0.374. The Kier molecular flexibility index (Phi) is 8.33. The van der Waals surface area contributed by atoms with Crippen molar-refractivity contribution >= 4 is 46.0 Å². The molecule has 8 bridgehead atoms. The second kappa shape index (κ2) is 12.6. The van der Waals surface area contributed by atoms with Gasteiger partial charge in [0.1, 0.15) is 0 Å². The van der Waals surface area contributed by atoms with Gasteiger partial charge in [-0.1, -0.05) is 53.6 Å². The van der Waals surface area contributed by atoms with Crippen LogP contribution in [0.4, 0.5) is 5.69 Å². The molecule has 7 heteroatoms. The highest BCUT2D eigenvalue weighted by Gasteiger charge is 2.30. The Hall–Kier alpha value is -5.69. The topological polar surface area (TPSA) is 86.7 Å². The van der Waals surface area contributed by atoms with Crippen LogP contribution in [-0.4, -0.2) is 38.3 Å². The Bertz CT molecular complexity index is 2460. The number of hydrogen-bond acceptors (Lipinski definition) is 6. The maximum Gasteiger partial charge on any atom is 0.0769 e. The van der Waals surface area contributed by atoms with E-state index >= 15 is 0 Å². The van der Waals surface area contributed by atoms with E-state index in [2.05, 4.69) is 111 Å². The van der Waals surface area contributed by atoms with Crippen LogP contribution in [0.25, 0.3) is 23.2 Å². The number of fused-ring (bicyclic) bond motifs is 5. The molecule has 4 aliphatic rings. The first-order valence-corrected chi connectivity index (χ1v) is 17.3. The lowest BCUT2D eigenvalue weighted by Gasteiger charge is -2.17. The van der Waals surface area contributed by atoms with Gasteiger partial charge in [0.2, 0.25) is 0 Å². The molecule has 258 valence electrons. The Labute approximate surface area is 300 Å². The lowest BCUT2D eigenvalue weighted by atomic mass is 9.91. The maximum atomic E-state index is 12.3. The van der Waals surface area contributed by atoms with Crippen molar-refractivity contribution in [1.29, 1.82) is 0 Å². The molecule has 5 heterocycles. The highest BCUT2D eigenvalue weighted by molar-refractivity contribution is 6.36. The van der Waals surface area contributed by atoms with Gasteiger partial charge >= 0.3 is 0 Å². The summed E-state index contributed by atoms with van der Waals surface area (Å²) in [5, 5.41) is 13.7. The van der Waals surface area contributed by atoms with Crippen molar-refractivity contribution in [1.82, 2.24) is 4.98 Å². The van der Waals surface area contributed by atoms with Gasteiger partial charge in [-0.05, 0) is 136 Å². The molecule has 0 aliphatic carbocycles. The van der Waals surface area contributed by atoms with Gasteiger partial charge in [0, 0.05) is 25.4 Å². The van der Waals surface area contributed by atoms with Crippen LogP contribution in [0.5, 0.6) is 0 Å². The molecule has 0 saturated heterocycles. The molecule has 51 heavy (non-hydrogen) atoms. The molecule has 0 atom stereocenters. The zero-order valence-electron chi connectivity index (χ0n) is 31.3. The smallest absolute Gasteiger partial charge is 0.0769 e. The largest absolute Gasteiger partial charge is 0.657 e. The van der Waals surface area contributed by atoms with E-state index in [1.807, 2.05) is 12.1 Å². The number of anilines is 1. The molecular weight excluding hydrogens is 631 g/mol. The van der Waals surface area contributed by atoms with Crippen LogP contribution in [0, 0.1) is 13.8 Å². The Balaban J connectivity index is 1.58. The highest BCUT2D eigenvalue weighted by atomic mass is 16.6. The maximum absolute atomic E-state index is 12.3. The molecule has 0 spiro atoms. The molecule has 0 unspecified atom stereocenters. The summed E-state index contributed by atoms with van der Waals surface area (Å²) >= 11 is 0. The number of allylic oxidation sites excluding steroid dienone is 8. The van der Waals surface area contributed by atoms with E-state index < -0.39 is 0 Å². The number of ether oxygens (including phenoxy) is 1. The van der Waals surface area contributed by atoms with Gasteiger partial charge in [-0.15, -0.1) is 11.4 Å². The molecule has 1 aromatic heterocycles. The Morgan fingerprint density at radius 2 is 1.24 bits per heavy atom. The second-order valence-electron chi connectivity index (χ2n) is 13.9. The first-order valence-electron chi connectivity index (χ1n) is 17.3. The minimum atomic E-state index is -0.374. The average molecular weight is 674 g/mol. The van der Waals surface area contributed by atoms with Gasteiger partial charge in [0.15, 0.2) is 0 Å². The summed E-state index contributed by atoms with van der Waals surface area (Å²) in [4.78, 5) is 23.5. The van der Waals surface area contributed by atoms with E-state index in [4.69, 9.17) is 24.7 Å². The molecule has 0 N–H and O–H groups in total. The van der Waals surface area contributed by atoms with Crippen molar-refractivity contribution in [3.05, 3.63) is 144 Å². The number of benzene rings is 2. The second-order valence-corrected chi connectivity index (χ2v) is 13.9. The molecule has 4 aliphatic heterocycles. The number of hydrogen-bond donors (Lipinski definition) is 0. The van der Waals surface area contributed by atoms with Crippen LogP contribution in [0.1, 0.15) is 69.6 Å². The molecule has 0 fully saturated rings. The van der Waals surface area contributed by atoms with E-state index in [-0.39, 0.29) is 5.95 Å². The third kappa shape index (κ3) is 5.48. The fraction of sp³-hybridized carbons (Fsp3) is 0.250. The molecule has 3 aromatic rings. The summed E-state index contributed by atoms with van der Waals surface area (Å²) in [5.41, 5.74) is 20.0. The van der Waals surface area contributed by atoms with Gasteiger partial charge in [-0.3, -0.25) is 0 Å². The summed E-state index contributed by atoms with van der Waals surface area (Å²) in [6, 6.07) is 16.2. The zero-order valence-corrected chi connectivity index (χ0v) is 31.3. The minimum absolute atomic E-state index is 0.374. The van der Waals surface area contributed by atoms with Crippen molar-refractivity contribution < 1.29 is 9.84 Å². The van der Waals surface area contributed by atoms with Crippen molar-refractivity contribution in [2.45, 2.75) is 55.4 Å². The monoisotopic (exact) mass is 673 g/mol. The summed E-state index contributed by atoms with van der Waals surface area (Å²) in [6.07, 6.45) is 4.23. The normalized spacial score (nSPS) is 17.2. The first kappa shape index (κ1) is 33.8. The molecule has 0 saturated carbocycles. The van der Waals surface area contributed by atoms with Gasteiger partial charge in [0.25, 0.3) is 0 Å². The molecule has 0 radical (unpaired) electrons. The van der Waals surface area contributed by atoms with Crippen LogP contribution in [0.3, 0.4) is 0 Å². The highest BCUT2D eigenvalue weighted by Crippen LogP contribution is 2.41. The van der Waals surface area contributed by atoms with Gasteiger partial charge in [-0.25, -0.2) is 15.0 Å². The van der Waals surface area contributed by atoms with Crippen molar-refractivity contribution in [3.63, 3.8) is 0 Å². The molecule has 2 aromatic carbocycles. The number of rotatable bonds is 3. The average Bonchev–Trinajstić information content (AvgIpc) is 3.76. The standard InChI is InChI=1S/C44H44N5O2/c1-22-26(5)40-38(30-12-14-32(15-13-30)44(50)51-11)41-27(6)23(2)35(46-41)21-37-25(4)29(8)43(48-37)39(31-16-18-33(19-17-31)49(9)10)42-28(7)24(3)36(47-42)20-34(22)45-40/h12-21H,1-11H3,(H-,45,46,47,48,50)/q-1/p-1. The summed E-state index contributed by atoms with van der Waals surface area (Å²) in [6.45, 7) is 17.1. The lowest BCUT2D eigenvalue weighted by molar-refractivity contribution is -0.288. The van der Waals surface area contributed by atoms with Gasteiger partial charge in [0.05, 0.1) is 40.2 Å². The lowest BCUT2D eigenvalue weighted by Crippen LogP contribution is -2.22. The molecule has 7 rings (SSSR count). The molecular formula is C44H43N5O2-2. The van der Waals surface area contributed by atoms with Crippen molar-refractivity contribution in [3.8, 4) is 0 Å². The third-order valence-corrected chi connectivity index (χ3v) is 10.9. The van der Waals surface area contributed by atoms with E-state index in [1.165, 1.54) is 7.11 Å². The molecule has 0 amide bonds. The Morgan fingerprint density at radius 1 is 0.647 bits per heavy atom. The van der Waals surface area contributed by atoms with E-state index in [0.717, 1.165) is 118 Å². The van der Waals surface area contributed by atoms with Crippen LogP contribution in [0.2, 0.25) is 0 Å². The van der Waals surface area contributed by atoms with Gasteiger partial charge in [-0.2, -0.15) is 0 Å². The van der Waals surface area contributed by atoms with E-state index in [0.29, 0.717) is 5.22 Å². The fourth-order valence-electron chi connectivity index (χ4n) is 7.01. The number of aliphatic imine (C=N–C) groups is 3. The first-order chi connectivity index (χ1) is 24.3. The SMILES string of the molecule is COC([O-])=c1ccc(=C2C3=NC(=CC4=NC(=C(c5ccc(N(C)C)cc5)C5=NC(=Cc6[n-]c2c(C)c6C)C(C)=C5C)C(C)=C4C)C(C)=C3C)cc1. The van der Waals surface area contributed by atoms with Crippen LogP contribution in [-0.2, 0) is 4.74 Å². The quantitative estimate of drug-likeness (QED) is 0.313.